The Labute approximate surface area is 170 Å². The second-order valence-corrected chi connectivity index (χ2v) is 9.89. The Kier molecular flexibility index (Phi) is 9.25. The van der Waals surface area contributed by atoms with Crippen molar-refractivity contribution in [3.05, 3.63) is 48.5 Å². The lowest BCUT2D eigenvalue weighted by molar-refractivity contribution is 0.198. The summed E-state index contributed by atoms with van der Waals surface area (Å²) in [6.45, 7) is 18.5. The third kappa shape index (κ3) is 10.3. The van der Waals surface area contributed by atoms with Gasteiger partial charge in [0.15, 0.2) is 0 Å². The number of benzene rings is 2. The summed E-state index contributed by atoms with van der Waals surface area (Å²) >= 11 is 1.74. The second-order valence-electron chi connectivity index (χ2n) is 8.74. The molecule has 2 nitrogen and oxygen atoms in total. The lowest BCUT2D eigenvalue weighted by Crippen LogP contribution is -2.16. The summed E-state index contributed by atoms with van der Waals surface area (Å²) in [6.07, 6.45) is 0. The van der Waals surface area contributed by atoms with Crippen LogP contribution < -0.4 is 9.47 Å². The third-order valence-electron chi connectivity index (χ3n) is 3.23. The van der Waals surface area contributed by atoms with E-state index in [1.165, 1.54) is 9.79 Å². The van der Waals surface area contributed by atoms with Gasteiger partial charge in [-0.3, -0.25) is 0 Å². The quantitative estimate of drug-likeness (QED) is 0.505. The van der Waals surface area contributed by atoms with Crippen LogP contribution in [0, 0.1) is 10.8 Å². The first-order valence-electron chi connectivity index (χ1n) is 9.74. The first kappa shape index (κ1) is 23.4. The maximum Gasteiger partial charge on any atom is 0.119 e. The first-order chi connectivity index (χ1) is 12.6. The Hall–Kier alpha value is -1.61. The average Bonchev–Trinajstić information content (AvgIpc) is 2.61. The van der Waals surface area contributed by atoms with Crippen LogP contribution in [0.15, 0.2) is 58.3 Å². The molecular weight excluding hydrogens is 352 g/mol. The van der Waals surface area contributed by atoms with Crippen LogP contribution >= 0.6 is 11.8 Å². The molecule has 0 aromatic heterocycles. The molecule has 0 spiro atoms. The maximum atomic E-state index is 5.82. The number of ether oxygens (including phenoxy) is 2. The predicted molar refractivity (Wildman–Crippen MR) is 118 cm³/mol. The minimum absolute atomic E-state index is 0.171. The number of hydrogen-bond donors (Lipinski definition) is 0. The van der Waals surface area contributed by atoms with Gasteiger partial charge in [0.05, 0.1) is 13.2 Å². The van der Waals surface area contributed by atoms with Crippen LogP contribution in [0.3, 0.4) is 0 Å². The molecule has 2 aromatic carbocycles. The topological polar surface area (TPSA) is 18.5 Å². The van der Waals surface area contributed by atoms with Gasteiger partial charge in [-0.15, -0.1) is 0 Å². The average molecular weight is 389 g/mol. The van der Waals surface area contributed by atoms with E-state index in [-0.39, 0.29) is 10.8 Å². The van der Waals surface area contributed by atoms with Gasteiger partial charge in [0.25, 0.3) is 0 Å². The molecular formula is C24H36O2S. The van der Waals surface area contributed by atoms with E-state index >= 15 is 0 Å². The molecule has 3 heteroatoms. The summed E-state index contributed by atoms with van der Waals surface area (Å²) in [5.41, 5.74) is 0.342. The highest BCUT2D eigenvalue weighted by molar-refractivity contribution is 7.99. The van der Waals surface area contributed by atoms with Gasteiger partial charge in [-0.1, -0.05) is 67.2 Å². The van der Waals surface area contributed by atoms with Gasteiger partial charge in [-0.2, -0.15) is 0 Å². The molecule has 0 aliphatic carbocycles. The fraction of sp³-hybridized carbons (Fsp3) is 0.500. The van der Waals surface area contributed by atoms with Crippen molar-refractivity contribution in [3.63, 3.8) is 0 Å². The molecule has 0 aliphatic rings. The molecule has 27 heavy (non-hydrogen) atoms. The Balaban J connectivity index is 0.00000176. The lowest BCUT2D eigenvalue weighted by atomic mass is 9.99. The standard InChI is InChI=1S/C22H30O2S.C2H6/c1-21(2,3)15-23-17-7-11-19(12-8-17)25-20-13-9-18(10-14-20)24-16-22(4,5)6;1-2/h7-14H,15-16H2,1-6H3;1-2H3. The van der Waals surface area contributed by atoms with Crippen LogP contribution in [0.2, 0.25) is 0 Å². The van der Waals surface area contributed by atoms with Crippen molar-refractivity contribution in [2.24, 2.45) is 10.8 Å². The van der Waals surface area contributed by atoms with Crippen LogP contribution in [0.25, 0.3) is 0 Å². The fourth-order valence-corrected chi connectivity index (χ4v) is 2.76. The summed E-state index contributed by atoms with van der Waals surface area (Å²) in [4.78, 5) is 2.40. The van der Waals surface area contributed by atoms with E-state index in [4.69, 9.17) is 9.47 Å². The van der Waals surface area contributed by atoms with Crippen molar-refractivity contribution >= 4 is 11.8 Å². The Morgan fingerprint density at radius 2 is 0.889 bits per heavy atom. The molecule has 150 valence electrons. The van der Waals surface area contributed by atoms with Crippen molar-refractivity contribution in [1.29, 1.82) is 0 Å². The van der Waals surface area contributed by atoms with Gasteiger partial charge in [-0.05, 0) is 59.4 Å². The van der Waals surface area contributed by atoms with Crippen LogP contribution in [-0.2, 0) is 0 Å². The normalized spacial score (nSPS) is 11.4. The van der Waals surface area contributed by atoms with Crippen molar-refractivity contribution < 1.29 is 9.47 Å². The smallest absolute Gasteiger partial charge is 0.119 e. The molecule has 0 bridgehead atoms. The molecule has 2 rings (SSSR count). The maximum absolute atomic E-state index is 5.82. The van der Waals surface area contributed by atoms with Crippen LogP contribution in [0.4, 0.5) is 0 Å². The summed E-state index contributed by atoms with van der Waals surface area (Å²) in [5.74, 6) is 1.84. The minimum Gasteiger partial charge on any atom is -0.493 e. The van der Waals surface area contributed by atoms with E-state index in [9.17, 15) is 0 Å². The minimum atomic E-state index is 0.171. The van der Waals surface area contributed by atoms with Gasteiger partial charge in [-0.25, -0.2) is 0 Å². The predicted octanol–water partition coefficient (Wildman–Crippen LogP) is 7.71. The van der Waals surface area contributed by atoms with Crippen LogP contribution in [0.5, 0.6) is 11.5 Å². The molecule has 0 radical (unpaired) electrons. The molecule has 2 aromatic rings. The van der Waals surface area contributed by atoms with E-state index in [1.54, 1.807) is 11.8 Å². The van der Waals surface area contributed by atoms with Gasteiger partial charge in [0, 0.05) is 9.79 Å². The lowest BCUT2D eigenvalue weighted by Gasteiger charge is -2.19. The zero-order valence-electron chi connectivity index (χ0n) is 18.3. The van der Waals surface area contributed by atoms with E-state index in [1.807, 2.05) is 38.1 Å². The Morgan fingerprint density at radius 3 is 1.15 bits per heavy atom. The van der Waals surface area contributed by atoms with Crippen molar-refractivity contribution in [3.8, 4) is 11.5 Å². The summed E-state index contributed by atoms with van der Waals surface area (Å²) in [7, 11) is 0. The number of rotatable bonds is 6. The molecule has 0 N–H and O–H groups in total. The molecule has 0 saturated heterocycles. The third-order valence-corrected chi connectivity index (χ3v) is 4.24. The molecule has 0 heterocycles. The van der Waals surface area contributed by atoms with Gasteiger partial charge >= 0.3 is 0 Å². The van der Waals surface area contributed by atoms with Gasteiger partial charge in [0.2, 0.25) is 0 Å². The molecule has 0 aliphatic heterocycles. The monoisotopic (exact) mass is 388 g/mol. The summed E-state index contributed by atoms with van der Waals surface area (Å²) in [6, 6.07) is 16.6. The Morgan fingerprint density at radius 1 is 0.593 bits per heavy atom. The van der Waals surface area contributed by atoms with Gasteiger partial charge in [0.1, 0.15) is 11.5 Å². The van der Waals surface area contributed by atoms with Crippen molar-refractivity contribution in [2.45, 2.75) is 65.2 Å². The fourth-order valence-electron chi connectivity index (χ4n) is 1.94. The zero-order valence-corrected chi connectivity index (χ0v) is 19.1. The molecule has 0 amide bonds. The first-order valence-corrected chi connectivity index (χ1v) is 10.6. The molecule has 0 fully saturated rings. The van der Waals surface area contributed by atoms with Gasteiger partial charge < -0.3 is 9.47 Å². The largest absolute Gasteiger partial charge is 0.493 e. The van der Waals surface area contributed by atoms with E-state index in [0.29, 0.717) is 0 Å². The second kappa shape index (κ2) is 10.7. The van der Waals surface area contributed by atoms with Crippen molar-refractivity contribution in [2.75, 3.05) is 13.2 Å². The van der Waals surface area contributed by atoms with Crippen LogP contribution in [-0.4, -0.2) is 13.2 Å². The summed E-state index contributed by atoms with van der Waals surface area (Å²) < 4.78 is 11.6. The van der Waals surface area contributed by atoms with E-state index in [2.05, 4.69) is 65.8 Å². The highest BCUT2D eigenvalue weighted by Gasteiger charge is 2.12. The highest BCUT2D eigenvalue weighted by atomic mass is 32.2. The number of hydrogen-bond acceptors (Lipinski definition) is 3. The van der Waals surface area contributed by atoms with Crippen LogP contribution in [0.1, 0.15) is 55.4 Å². The summed E-state index contributed by atoms with van der Waals surface area (Å²) in [5, 5.41) is 0. The SMILES string of the molecule is CC.CC(C)(C)COc1ccc(Sc2ccc(OCC(C)(C)C)cc2)cc1. The zero-order chi connectivity index (χ0) is 20.5. The molecule has 0 atom stereocenters. The molecule has 0 saturated carbocycles. The molecule has 0 unspecified atom stereocenters. The highest BCUT2D eigenvalue weighted by Crippen LogP contribution is 2.31. The Bertz CT molecular complexity index is 587. The van der Waals surface area contributed by atoms with E-state index in [0.717, 1.165) is 24.7 Å². The van der Waals surface area contributed by atoms with Crippen molar-refractivity contribution in [1.82, 2.24) is 0 Å². The van der Waals surface area contributed by atoms with E-state index < -0.39 is 0 Å².